The molecule has 0 fully saturated rings. The molecule has 1 heterocycles. The van der Waals surface area contributed by atoms with E-state index in [0.717, 1.165) is 0 Å². The fourth-order valence-corrected chi connectivity index (χ4v) is 0.719. The predicted molar refractivity (Wildman–Crippen MR) is 37.3 cm³/mol. The van der Waals surface area contributed by atoms with Gasteiger partial charge in [-0.2, -0.15) is 0 Å². The Balaban J connectivity index is 2.97. The zero-order chi connectivity index (χ0) is 7.61. The Labute approximate surface area is 60.5 Å². The molecule has 0 aliphatic heterocycles. The number of aromatic nitrogens is 1. The molecule has 0 aromatic carbocycles. The van der Waals surface area contributed by atoms with Gasteiger partial charge in [0, 0.05) is 11.9 Å². The molecule has 54 valence electrons. The van der Waals surface area contributed by atoms with Gasteiger partial charge in [-0.1, -0.05) is 25.5 Å². The van der Waals surface area contributed by atoms with Gasteiger partial charge in [0.1, 0.15) is 0 Å². The van der Waals surface area contributed by atoms with E-state index in [1.54, 1.807) is 32.2 Å². The maximum Gasteiger partial charge on any atom is 0.0294 e. The average Bonchev–Trinajstić information content (AvgIpc) is 1.88. The first-order valence-corrected chi connectivity index (χ1v) is 3.22. The third-order valence-electron chi connectivity index (χ3n) is 1.28. The highest BCUT2D eigenvalue weighted by Gasteiger charge is 2.04. The first-order chi connectivity index (χ1) is 4.61. The Morgan fingerprint density at radius 3 is 2.40 bits per heavy atom. The third-order valence-corrected chi connectivity index (χ3v) is 1.28. The molecule has 0 unspecified atom stereocenters. The van der Waals surface area contributed by atoms with Crippen LogP contribution in [0.25, 0.3) is 0 Å². The maximum atomic E-state index is 11.2. The quantitative estimate of drug-likeness (QED) is 0.569. The first kappa shape index (κ1) is 7.22. The van der Waals surface area contributed by atoms with E-state index in [4.69, 9.17) is 0 Å². The van der Waals surface area contributed by atoms with E-state index in [-0.39, 0.29) is 0 Å². The molecular formula is C8H10NO-. The van der Waals surface area contributed by atoms with Crippen molar-refractivity contribution in [2.75, 3.05) is 0 Å². The normalized spacial score (nSPS) is 11.5. The smallest absolute Gasteiger partial charge is 0.0294 e. The summed E-state index contributed by atoms with van der Waals surface area (Å²) >= 11 is 0. The van der Waals surface area contributed by atoms with Crippen LogP contribution in [0.1, 0.15) is 19.5 Å². The van der Waals surface area contributed by atoms with Gasteiger partial charge in [-0.3, -0.25) is 4.98 Å². The van der Waals surface area contributed by atoms with Gasteiger partial charge in [0.05, 0.1) is 0 Å². The average molecular weight is 136 g/mol. The lowest BCUT2D eigenvalue weighted by atomic mass is 10.1. The molecule has 1 rings (SSSR count). The van der Waals surface area contributed by atoms with Crippen LogP contribution in [0.4, 0.5) is 0 Å². The van der Waals surface area contributed by atoms with Crippen LogP contribution in [0.2, 0.25) is 0 Å². The van der Waals surface area contributed by atoms with E-state index < -0.39 is 5.60 Å². The Morgan fingerprint density at radius 2 is 2.10 bits per heavy atom. The first-order valence-electron chi connectivity index (χ1n) is 3.22. The molecular weight excluding hydrogens is 126 g/mol. The van der Waals surface area contributed by atoms with Gasteiger partial charge in [0.15, 0.2) is 0 Å². The highest BCUT2D eigenvalue weighted by atomic mass is 16.3. The third kappa shape index (κ3) is 1.54. The van der Waals surface area contributed by atoms with E-state index in [1.807, 2.05) is 6.07 Å². The Bertz CT molecular complexity index is 200. The Hall–Kier alpha value is -0.890. The Morgan fingerprint density at radius 1 is 1.40 bits per heavy atom. The van der Waals surface area contributed by atoms with Crippen molar-refractivity contribution in [3.05, 3.63) is 30.1 Å². The largest absolute Gasteiger partial charge is 0.845 e. The minimum absolute atomic E-state index is 0.593. The fourth-order valence-electron chi connectivity index (χ4n) is 0.719. The van der Waals surface area contributed by atoms with Crippen molar-refractivity contribution in [1.29, 1.82) is 0 Å². The molecule has 0 aliphatic rings. The van der Waals surface area contributed by atoms with Crippen LogP contribution in [0.3, 0.4) is 0 Å². The number of hydrogen-bond donors (Lipinski definition) is 0. The predicted octanol–water partition coefficient (Wildman–Crippen LogP) is 0.677. The standard InChI is InChI=1S/C8H10NO/c1-8(2,10)7-5-3-4-6-9-7/h3-6H,1-2H3/q-1. The number of nitrogens with zero attached hydrogens (tertiary/aromatic N) is 1. The molecule has 2 heteroatoms. The van der Waals surface area contributed by atoms with E-state index in [0.29, 0.717) is 5.69 Å². The molecule has 10 heavy (non-hydrogen) atoms. The van der Waals surface area contributed by atoms with Crippen LogP contribution in [-0.2, 0) is 5.60 Å². The van der Waals surface area contributed by atoms with Crippen LogP contribution in [0.5, 0.6) is 0 Å². The highest BCUT2D eigenvalue weighted by Crippen LogP contribution is 2.11. The lowest BCUT2D eigenvalue weighted by Crippen LogP contribution is -2.34. The minimum Gasteiger partial charge on any atom is -0.845 e. The zero-order valence-corrected chi connectivity index (χ0v) is 6.16. The minimum atomic E-state index is -1.07. The zero-order valence-electron chi connectivity index (χ0n) is 6.16. The second kappa shape index (κ2) is 2.39. The molecule has 0 amide bonds. The van der Waals surface area contributed by atoms with Crippen LogP contribution < -0.4 is 5.11 Å². The van der Waals surface area contributed by atoms with Gasteiger partial charge in [-0.15, -0.1) is 0 Å². The molecule has 0 aliphatic carbocycles. The van der Waals surface area contributed by atoms with E-state index in [9.17, 15) is 5.11 Å². The van der Waals surface area contributed by atoms with Gasteiger partial charge in [-0.25, -0.2) is 0 Å². The van der Waals surface area contributed by atoms with E-state index in [2.05, 4.69) is 4.98 Å². The monoisotopic (exact) mass is 136 g/mol. The molecule has 0 saturated heterocycles. The van der Waals surface area contributed by atoms with Crippen LogP contribution in [0.15, 0.2) is 24.4 Å². The second-order valence-electron chi connectivity index (χ2n) is 2.73. The van der Waals surface area contributed by atoms with Crippen molar-refractivity contribution in [2.45, 2.75) is 19.4 Å². The van der Waals surface area contributed by atoms with Crippen LogP contribution in [0, 0.1) is 0 Å². The summed E-state index contributed by atoms with van der Waals surface area (Å²) in [6.45, 7) is 3.21. The van der Waals surface area contributed by atoms with Crippen LogP contribution in [-0.4, -0.2) is 4.98 Å². The van der Waals surface area contributed by atoms with Crippen molar-refractivity contribution in [3.63, 3.8) is 0 Å². The molecule has 0 saturated carbocycles. The molecule has 1 aromatic heterocycles. The number of rotatable bonds is 1. The summed E-state index contributed by atoms with van der Waals surface area (Å²) < 4.78 is 0. The van der Waals surface area contributed by atoms with Crippen molar-refractivity contribution in [3.8, 4) is 0 Å². The van der Waals surface area contributed by atoms with Gasteiger partial charge < -0.3 is 5.11 Å². The summed E-state index contributed by atoms with van der Waals surface area (Å²) in [5.41, 5.74) is -0.476. The highest BCUT2D eigenvalue weighted by molar-refractivity contribution is 5.09. The second-order valence-corrected chi connectivity index (χ2v) is 2.73. The molecule has 0 radical (unpaired) electrons. The van der Waals surface area contributed by atoms with Crippen molar-refractivity contribution >= 4 is 0 Å². The number of hydrogen-bond acceptors (Lipinski definition) is 2. The van der Waals surface area contributed by atoms with E-state index >= 15 is 0 Å². The van der Waals surface area contributed by atoms with Crippen molar-refractivity contribution < 1.29 is 5.11 Å². The summed E-state index contributed by atoms with van der Waals surface area (Å²) in [7, 11) is 0. The SMILES string of the molecule is CC(C)([O-])c1ccccn1. The summed E-state index contributed by atoms with van der Waals surface area (Å²) in [4.78, 5) is 3.94. The summed E-state index contributed by atoms with van der Waals surface area (Å²) in [6, 6.07) is 5.37. The van der Waals surface area contributed by atoms with E-state index in [1.165, 1.54) is 0 Å². The van der Waals surface area contributed by atoms with Gasteiger partial charge in [0.25, 0.3) is 0 Å². The van der Waals surface area contributed by atoms with Gasteiger partial charge in [0.2, 0.25) is 0 Å². The van der Waals surface area contributed by atoms with Gasteiger partial charge >= 0.3 is 0 Å². The molecule has 0 N–H and O–H groups in total. The Kier molecular flexibility index (Phi) is 1.72. The number of pyridine rings is 1. The van der Waals surface area contributed by atoms with Gasteiger partial charge in [-0.05, 0) is 12.1 Å². The van der Waals surface area contributed by atoms with Crippen molar-refractivity contribution in [1.82, 2.24) is 4.98 Å². The molecule has 0 spiro atoms. The molecule has 1 aromatic rings. The molecule has 2 nitrogen and oxygen atoms in total. The lowest BCUT2D eigenvalue weighted by Gasteiger charge is -2.30. The molecule has 0 bridgehead atoms. The fraction of sp³-hybridized carbons (Fsp3) is 0.375. The van der Waals surface area contributed by atoms with Crippen LogP contribution >= 0.6 is 0 Å². The lowest BCUT2D eigenvalue weighted by molar-refractivity contribution is -0.476. The topological polar surface area (TPSA) is 36.0 Å². The maximum absolute atomic E-state index is 11.2. The van der Waals surface area contributed by atoms with Crippen molar-refractivity contribution in [2.24, 2.45) is 0 Å². The summed E-state index contributed by atoms with van der Waals surface area (Å²) in [5.74, 6) is 0. The summed E-state index contributed by atoms with van der Waals surface area (Å²) in [6.07, 6.45) is 1.63. The summed E-state index contributed by atoms with van der Waals surface area (Å²) in [5, 5.41) is 11.2. The molecule has 0 atom stereocenters.